The summed E-state index contributed by atoms with van der Waals surface area (Å²) in [7, 11) is 1.58. The molecule has 27 heavy (non-hydrogen) atoms. The van der Waals surface area contributed by atoms with E-state index in [1.54, 1.807) is 7.11 Å². The van der Waals surface area contributed by atoms with Crippen LogP contribution in [0.5, 0.6) is 0 Å². The number of aromatic nitrogens is 1. The third-order valence-electron chi connectivity index (χ3n) is 4.27. The highest BCUT2D eigenvalue weighted by Gasteiger charge is 2.30. The van der Waals surface area contributed by atoms with Crippen molar-refractivity contribution in [2.24, 2.45) is 0 Å². The van der Waals surface area contributed by atoms with E-state index in [0.29, 0.717) is 36.8 Å². The van der Waals surface area contributed by atoms with Crippen molar-refractivity contribution in [3.8, 4) is 10.6 Å². The molecule has 1 amide bonds. The topological polar surface area (TPSA) is 54.5 Å². The van der Waals surface area contributed by atoms with Crippen LogP contribution in [-0.4, -0.2) is 49.1 Å². The number of thiazole rings is 1. The van der Waals surface area contributed by atoms with Gasteiger partial charge in [0.25, 0.3) is 0 Å². The summed E-state index contributed by atoms with van der Waals surface area (Å²) in [4.78, 5) is 19.6. The molecule has 5 nitrogen and oxygen atoms in total. The quantitative estimate of drug-likeness (QED) is 0.759. The molecule has 1 N–H and O–H groups in total. The maximum absolute atomic E-state index is 12.7. The van der Waals surface area contributed by atoms with Crippen molar-refractivity contribution in [3.05, 3.63) is 40.4 Å². The summed E-state index contributed by atoms with van der Waals surface area (Å²) in [5.74, 6) is -0.0528. The summed E-state index contributed by atoms with van der Waals surface area (Å²) in [5.41, 5.74) is 0.968. The number of alkyl halides is 3. The van der Waals surface area contributed by atoms with E-state index in [2.05, 4.69) is 10.3 Å². The molecular formula is C18H20F3N3O2S. The van der Waals surface area contributed by atoms with Crippen molar-refractivity contribution >= 4 is 17.2 Å². The van der Waals surface area contributed by atoms with Crippen molar-refractivity contribution in [3.63, 3.8) is 0 Å². The number of hydrogen-bond acceptors (Lipinski definition) is 5. The van der Waals surface area contributed by atoms with E-state index < -0.39 is 11.7 Å². The lowest BCUT2D eigenvalue weighted by Gasteiger charge is -2.25. The second kappa shape index (κ2) is 8.37. The Balaban J connectivity index is 1.64. The average Bonchev–Trinajstić information content (AvgIpc) is 3.04. The number of carbonyl (C=O) groups is 1. The molecule has 3 rings (SSSR count). The smallest absolute Gasteiger partial charge is 0.383 e. The number of carbonyl (C=O) groups excluding carboxylic acids is 1. The van der Waals surface area contributed by atoms with Gasteiger partial charge in [-0.25, -0.2) is 4.98 Å². The summed E-state index contributed by atoms with van der Waals surface area (Å²) in [6.07, 6.45) is -3.62. The molecule has 2 heterocycles. The molecule has 146 valence electrons. The molecule has 1 aliphatic heterocycles. The van der Waals surface area contributed by atoms with Crippen molar-refractivity contribution < 1.29 is 22.7 Å². The second-order valence-electron chi connectivity index (χ2n) is 6.27. The summed E-state index contributed by atoms with van der Waals surface area (Å²) in [5, 5.41) is 3.50. The highest BCUT2D eigenvalue weighted by Crippen LogP contribution is 2.34. The van der Waals surface area contributed by atoms with Gasteiger partial charge in [-0.05, 0) is 12.1 Å². The molecule has 1 aromatic heterocycles. The van der Waals surface area contributed by atoms with Crippen LogP contribution in [0.4, 0.5) is 13.2 Å². The normalized spacial score (nSPS) is 14.8. The van der Waals surface area contributed by atoms with E-state index in [-0.39, 0.29) is 5.91 Å². The SMILES string of the molecule is COCCNC(=O)CN1CCc2nc(-c3ccc(C(F)(F)F)cc3)sc2C1. The minimum Gasteiger partial charge on any atom is -0.383 e. The lowest BCUT2D eigenvalue weighted by Crippen LogP contribution is -2.40. The van der Waals surface area contributed by atoms with Gasteiger partial charge in [0.2, 0.25) is 5.91 Å². The molecule has 9 heteroatoms. The minimum absolute atomic E-state index is 0.0528. The molecule has 1 aliphatic rings. The first-order valence-corrected chi connectivity index (χ1v) is 9.32. The maximum atomic E-state index is 12.7. The fourth-order valence-corrected chi connectivity index (χ4v) is 4.02. The van der Waals surface area contributed by atoms with Gasteiger partial charge in [0, 0.05) is 43.6 Å². The predicted octanol–water partition coefficient (Wildman–Crippen LogP) is 2.95. The van der Waals surface area contributed by atoms with Gasteiger partial charge in [0.05, 0.1) is 24.4 Å². The van der Waals surface area contributed by atoms with Crippen molar-refractivity contribution in [2.45, 2.75) is 19.1 Å². The standard InChI is InChI=1S/C18H20F3N3O2S/c1-26-9-7-22-16(25)11-24-8-6-14-15(10-24)27-17(23-14)12-2-4-13(5-3-12)18(19,20)21/h2-5H,6-11H2,1H3,(H,22,25). The zero-order valence-electron chi connectivity index (χ0n) is 14.8. The Morgan fingerprint density at radius 2 is 2.07 bits per heavy atom. The lowest BCUT2D eigenvalue weighted by molar-refractivity contribution is -0.137. The molecule has 0 spiro atoms. The maximum Gasteiger partial charge on any atom is 0.416 e. The summed E-state index contributed by atoms with van der Waals surface area (Å²) < 4.78 is 43.0. The molecule has 0 aliphatic carbocycles. The Morgan fingerprint density at radius 3 is 2.74 bits per heavy atom. The van der Waals surface area contributed by atoms with E-state index in [4.69, 9.17) is 4.74 Å². The van der Waals surface area contributed by atoms with Crippen LogP contribution >= 0.6 is 11.3 Å². The molecule has 2 aromatic rings. The molecular weight excluding hydrogens is 379 g/mol. The van der Waals surface area contributed by atoms with E-state index in [1.807, 2.05) is 4.90 Å². The van der Waals surface area contributed by atoms with Crippen LogP contribution in [0.1, 0.15) is 16.1 Å². The molecule has 0 unspecified atom stereocenters. The Labute approximate surface area is 159 Å². The molecule has 0 fully saturated rings. The highest BCUT2D eigenvalue weighted by atomic mass is 32.1. The third-order valence-corrected chi connectivity index (χ3v) is 5.40. The van der Waals surface area contributed by atoms with Crippen molar-refractivity contribution in [1.29, 1.82) is 0 Å². The number of fused-ring (bicyclic) bond motifs is 1. The summed E-state index contributed by atoms with van der Waals surface area (Å²) in [6.45, 7) is 2.59. The predicted molar refractivity (Wildman–Crippen MR) is 96.4 cm³/mol. The number of benzene rings is 1. The van der Waals surface area contributed by atoms with Gasteiger partial charge in [-0.15, -0.1) is 11.3 Å². The minimum atomic E-state index is -4.34. The van der Waals surface area contributed by atoms with Gasteiger partial charge < -0.3 is 10.1 Å². The molecule has 0 bridgehead atoms. The van der Waals surface area contributed by atoms with Gasteiger partial charge in [-0.3, -0.25) is 9.69 Å². The van der Waals surface area contributed by atoms with Gasteiger partial charge in [-0.1, -0.05) is 12.1 Å². The molecule has 1 aromatic carbocycles. The zero-order chi connectivity index (χ0) is 19.4. The molecule has 0 saturated carbocycles. The fourth-order valence-electron chi connectivity index (χ4n) is 2.86. The zero-order valence-corrected chi connectivity index (χ0v) is 15.6. The second-order valence-corrected chi connectivity index (χ2v) is 7.35. The van der Waals surface area contributed by atoms with Crippen LogP contribution in [-0.2, 0) is 28.7 Å². The first-order valence-electron chi connectivity index (χ1n) is 8.51. The number of nitrogens with zero attached hydrogens (tertiary/aromatic N) is 2. The number of halogens is 3. The number of amides is 1. The van der Waals surface area contributed by atoms with E-state index >= 15 is 0 Å². The molecule has 0 saturated heterocycles. The van der Waals surface area contributed by atoms with E-state index in [1.165, 1.54) is 23.5 Å². The Morgan fingerprint density at radius 1 is 1.33 bits per heavy atom. The van der Waals surface area contributed by atoms with Crippen LogP contribution in [0.3, 0.4) is 0 Å². The van der Waals surface area contributed by atoms with Crippen LogP contribution in [0.2, 0.25) is 0 Å². The van der Waals surface area contributed by atoms with Crippen LogP contribution in [0.15, 0.2) is 24.3 Å². The number of nitrogens with one attached hydrogen (secondary N) is 1. The van der Waals surface area contributed by atoms with Crippen LogP contribution in [0.25, 0.3) is 10.6 Å². The number of ether oxygens (including phenoxy) is 1. The third kappa shape index (κ3) is 5.06. The Kier molecular flexibility index (Phi) is 6.13. The summed E-state index contributed by atoms with van der Waals surface area (Å²) in [6, 6.07) is 5.06. The monoisotopic (exact) mass is 399 g/mol. The Hall–Kier alpha value is -1.97. The van der Waals surface area contributed by atoms with Crippen LogP contribution < -0.4 is 5.32 Å². The van der Waals surface area contributed by atoms with Crippen molar-refractivity contribution in [2.75, 3.05) is 33.4 Å². The Bertz CT molecular complexity index is 790. The number of hydrogen-bond donors (Lipinski definition) is 1. The first-order chi connectivity index (χ1) is 12.9. The summed E-state index contributed by atoms with van der Waals surface area (Å²) >= 11 is 1.47. The molecule has 0 atom stereocenters. The van der Waals surface area contributed by atoms with E-state index in [0.717, 1.165) is 35.7 Å². The highest BCUT2D eigenvalue weighted by molar-refractivity contribution is 7.15. The van der Waals surface area contributed by atoms with E-state index in [9.17, 15) is 18.0 Å². The number of rotatable bonds is 6. The number of methoxy groups -OCH3 is 1. The molecule has 0 radical (unpaired) electrons. The van der Waals surface area contributed by atoms with Gasteiger partial charge >= 0.3 is 6.18 Å². The lowest BCUT2D eigenvalue weighted by atomic mass is 10.1. The van der Waals surface area contributed by atoms with Crippen molar-refractivity contribution in [1.82, 2.24) is 15.2 Å². The average molecular weight is 399 g/mol. The van der Waals surface area contributed by atoms with Crippen LogP contribution in [0, 0.1) is 0 Å². The van der Waals surface area contributed by atoms with Gasteiger partial charge in [-0.2, -0.15) is 13.2 Å². The largest absolute Gasteiger partial charge is 0.416 e. The fraction of sp³-hybridized carbons (Fsp3) is 0.444. The van der Waals surface area contributed by atoms with Gasteiger partial charge in [0.1, 0.15) is 5.01 Å². The van der Waals surface area contributed by atoms with Gasteiger partial charge in [0.15, 0.2) is 0 Å². The first kappa shape index (κ1) is 19.8.